The molecule has 1 aromatic rings. The Morgan fingerprint density at radius 2 is 1.85 bits per heavy atom. The second kappa shape index (κ2) is 8.65. The summed E-state index contributed by atoms with van der Waals surface area (Å²) < 4.78 is 64.4. The zero-order chi connectivity index (χ0) is 24.0. The molecule has 0 aliphatic carbocycles. The van der Waals surface area contributed by atoms with Crippen molar-refractivity contribution in [2.75, 3.05) is 43.9 Å². The first-order chi connectivity index (χ1) is 15.4. The molecule has 11 heteroatoms. The topological polar surface area (TPSA) is 81.2 Å². The Hall–Kier alpha value is -2.01. The molecule has 1 atom stereocenters. The van der Waals surface area contributed by atoms with Crippen molar-refractivity contribution >= 4 is 21.6 Å². The van der Waals surface area contributed by atoms with Gasteiger partial charge in [-0.05, 0) is 56.3 Å². The lowest BCUT2D eigenvalue weighted by Crippen LogP contribution is -2.52. The number of amides is 1. The molecule has 3 heterocycles. The molecule has 1 amide bonds. The van der Waals surface area contributed by atoms with Crippen molar-refractivity contribution in [3.05, 3.63) is 29.3 Å². The summed E-state index contributed by atoms with van der Waals surface area (Å²) >= 11 is 0. The summed E-state index contributed by atoms with van der Waals surface area (Å²) in [6, 6.07) is 3.76. The molecule has 0 bridgehead atoms. The van der Waals surface area contributed by atoms with Crippen LogP contribution in [0.4, 0.5) is 23.7 Å². The average Bonchev–Trinajstić information content (AvgIpc) is 3.36. The maximum absolute atomic E-state index is 13.5. The van der Waals surface area contributed by atoms with Gasteiger partial charge >= 0.3 is 12.3 Å². The fraction of sp³-hybridized carbons (Fsp3) is 0.682. The van der Waals surface area contributed by atoms with Crippen LogP contribution in [0.25, 0.3) is 0 Å². The van der Waals surface area contributed by atoms with Crippen LogP contribution in [0.1, 0.15) is 43.2 Å². The number of carboxylic acid groups (broad SMARTS) is 1. The van der Waals surface area contributed by atoms with Gasteiger partial charge in [-0.2, -0.15) is 13.2 Å². The molecule has 1 N–H and O–H groups in total. The standard InChI is InChI=1S/C22H30F3N3O4S/c1-33(31,32)18-5-10-27(15-18)19-13-17(22(23,24)25)4-3-16(19)14-28-9-2-6-21(28)7-11-26(12-8-21)20(29)30/h3-4,13,18H,2,5-12,14-15H2,1H3,(H,29,30). The maximum Gasteiger partial charge on any atom is 0.416 e. The van der Waals surface area contributed by atoms with Crippen LogP contribution in [0, 0.1) is 0 Å². The summed E-state index contributed by atoms with van der Waals surface area (Å²) in [5.74, 6) is 0. The molecule has 1 spiro atoms. The minimum Gasteiger partial charge on any atom is -0.465 e. The van der Waals surface area contributed by atoms with Crippen molar-refractivity contribution < 1.29 is 31.5 Å². The maximum atomic E-state index is 13.5. The third-order valence-corrected chi connectivity index (χ3v) is 9.17. The number of carbonyl (C=O) groups is 1. The van der Waals surface area contributed by atoms with Crippen molar-refractivity contribution in [1.82, 2.24) is 9.80 Å². The number of alkyl halides is 3. The van der Waals surface area contributed by atoms with Crippen LogP contribution in [0.5, 0.6) is 0 Å². The van der Waals surface area contributed by atoms with E-state index in [0.717, 1.165) is 37.1 Å². The van der Waals surface area contributed by atoms with Crippen LogP contribution >= 0.6 is 0 Å². The van der Waals surface area contributed by atoms with E-state index in [1.165, 1.54) is 17.2 Å². The number of anilines is 1. The molecule has 7 nitrogen and oxygen atoms in total. The first-order valence-electron chi connectivity index (χ1n) is 11.3. The number of benzene rings is 1. The van der Waals surface area contributed by atoms with Crippen LogP contribution in [-0.4, -0.2) is 79.2 Å². The van der Waals surface area contributed by atoms with Gasteiger partial charge in [0.25, 0.3) is 0 Å². The smallest absolute Gasteiger partial charge is 0.416 e. The molecular weight excluding hydrogens is 459 g/mol. The number of likely N-dealkylation sites (tertiary alicyclic amines) is 2. The van der Waals surface area contributed by atoms with Crippen LogP contribution in [0.2, 0.25) is 0 Å². The predicted molar refractivity (Wildman–Crippen MR) is 118 cm³/mol. The van der Waals surface area contributed by atoms with E-state index in [4.69, 9.17) is 0 Å². The van der Waals surface area contributed by atoms with Gasteiger partial charge in [-0.1, -0.05) is 6.07 Å². The normalized spacial score (nSPS) is 24.1. The number of hydrogen-bond donors (Lipinski definition) is 1. The Balaban J connectivity index is 1.60. The highest BCUT2D eigenvalue weighted by Crippen LogP contribution is 2.41. The quantitative estimate of drug-likeness (QED) is 0.698. The Morgan fingerprint density at radius 1 is 1.15 bits per heavy atom. The molecule has 4 rings (SSSR count). The molecule has 3 aliphatic rings. The fourth-order valence-electron chi connectivity index (χ4n) is 5.59. The molecule has 0 saturated carbocycles. The first-order valence-corrected chi connectivity index (χ1v) is 13.2. The van der Waals surface area contributed by atoms with Gasteiger partial charge in [-0.25, -0.2) is 13.2 Å². The molecular formula is C22H30F3N3O4S. The van der Waals surface area contributed by atoms with Gasteiger partial charge in [0.2, 0.25) is 0 Å². The third kappa shape index (κ3) is 4.94. The molecule has 0 radical (unpaired) electrons. The minimum atomic E-state index is -4.48. The average molecular weight is 490 g/mol. The summed E-state index contributed by atoms with van der Waals surface area (Å²) in [4.78, 5) is 16.8. The summed E-state index contributed by atoms with van der Waals surface area (Å²) in [7, 11) is -3.28. The van der Waals surface area contributed by atoms with E-state index in [9.17, 15) is 31.5 Å². The summed E-state index contributed by atoms with van der Waals surface area (Å²) in [5, 5.41) is 8.69. The minimum absolute atomic E-state index is 0.147. The fourth-order valence-corrected chi connectivity index (χ4v) is 6.58. The number of nitrogens with zero attached hydrogens (tertiary/aromatic N) is 3. The van der Waals surface area contributed by atoms with Gasteiger partial charge in [0, 0.05) is 50.2 Å². The Bertz CT molecular complexity index is 1010. The first kappa shape index (κ1) is 24.1. The molecule has 1 unspecified atom stereocenters. The molecule has 184 valence electrons. The van der Waals surface area contributed by atoms with Crippen molar-refractivity contribution in [3.63, 3.8) is 0 Å². The van der Waals surface area contributed by atoms with E-state index >= 15 is 0 Å². The monoisotopic (exact) mass is 489 g/mol. The number of halogens is 3. The number of piperidine rings is 1. The summed E-state index contributed by atoms with van der Waals surface area (Å²) in [6.45, 7) is 2.75. The van der Waals surface area contributed by atoms with Gasteiger partial charge in [0.15, 0.2) is 9.84 Å². The second-order valence-electron chi connectivity index (χ2n) is 9.55. The lowest BCUT2D eigenvalue weighted by molar-refractivity contribution is -0.137. The van der Waals surface area contributed by atoms with Crippen LogP contribution in [0.3, 0.4) is 0 Å². The second-order valence-corrected chi connectivity index (χ2v) is 11.9. The van der Waals surface area contributed by atoms with Crippen LogP contribution in [-0.2, 0) is 22.6 Å². The highest BCUT2D eigenvalue weighted by molar-refractivity contribution is 7.91. The SMILES string of the molecule is CS(=O)(=O)C1CCN(c2cc(C(F)(F)F)ccc2CN2CCCC23CCN(C(=O)O)CC3)C1. The number of rotatable bonds is 4. The van der Waals surface area contributed by atoms with Gasteiger partial charge in [-0.3, -0.25) is 4.90 Å². The molecule has 0 aromatic heterocycles. The van der Waals surface area contributed by atoms with Gasteiger partial charge in [0.05, 0.1) is 10.8 Å². The van der Waals surface area contributed by atoms with Crippen molar-refractivity contribution in [2.24, 2.45) is 0 Å². The van der Waals surface area contributed by atoms with Gasteiger partial charge in [-0.15, -0.1) is 0 Å². The van der Waals surface area contributed by atoms with E-state index in [-0.39, 0.29) is 12.1 Å². The molecule has 3 saturated heterocycles. The Kier molecular flexibility index (Phi) is 6.32. The number of sulfone groups is 1. The van der Waals surface area contributed by atoms with Crippen LogP contribution < -0.4 is 4.90 Å². The van der Waals surface area contributed by atoms with E-state index in [1.54, 1.807) is 4.90 Å². The highest BCUT2D eigenvalue weighted by Gasteiger charge is 2.44. The number of hydrogen-bond acceptors (Lipinski definition) is 5. The van der Waals surface area contributed by atoms with E-state index in [2.05, 4.69) is 4.90 Å². The van der Waals surface area contributed by atoms with Crippen molar-refractivity contribution in [3.8, 4) is 0 Å². The van der Waals surface area contributed by atoms with E-state index in [1.807, 2.05) is 0 Å². The Labute approximate surface area is 192 Å². The summed E-state index contributed by atoms with van der Waals surface area (Å²) in [6.07, 6.45) is -0.529. The zero-order valence-electron chi connectivity index (χ0n) is 18.6. The molecule has 1 aromatic carbocycles. The van der Waals surface area contributed by atoms with E-state index < -0.39 is 32.9 Å². The van der Waals surface area contributed by atoms with Crippen LogP contribution in [0.15, 0.2) is 18.2 Å². The van der Waals surface area contributed by atoms with Gasteiger partial charge in [0.1, 0.15) is 0 Å². The lowest BCUT2D eigenvalue weighted by atomic mass is 9.84. The zero-order valence-corrected chi connectivity index (χ0v) is 19.5. The molecule has 3 fully saturated rings. The largest absolute Gasteiger partial charge is 0.465 e. The van der Waals surface area contributed by atoms with E-state index in [0.29, 0.717) is 51.1 Å². The molecule has 33 heavy (non-hydrogen) atoms. The predicted octanol–water partition coefficient (Wildman–Crippen LogP) is 3.44. The molecule has 3 aliphatic heterocycles. The van der Waals surface area contributed by atoms with Crippen molar-refractivity contribution in [2.45, 2.75) is 55.6 Å². The lowest BCUT2D eigenvalue weighted by Gasteiger charge is -2.44. The van der Waals surface area contributed by atoms with Gasteiger partial charge < -0.3 is 14.9 Å². The highest BCUT2D eigenvalue weighted by atomic mass is 32.2. The van der Waals surface area contributed by atoms with Crippen molar-refractivity contribution in [1.29, 1.82) is 0 Å². The summed E-state index contributed by atoms with van der Waals surface area (Å²) in [5.41, 5.74) is 0.307. The Morgan fingerprint density at radius 3 is 2.42 bits per heavy atom. The third-order valence-electron chi connectivity index (χ3n) is 7.57.